The van der Waals surface area contributed by atoms with E-state index in [1.165, 1.54) is 6.08 Å². The van der Waals surface area contributed by atoms with Gasteiger partial charge in [0.1, 0.15) is 5.75 Å². The smallest absolute Gasteiger partial charge is 0.328 e. The number of hydrogen-bond acceptors (Lipinski definition) is 2. The number of carboxylic acid groups (broad SMARTS) is 1. The zero-order valence-corrected chi connectivity index (χ0v) is 11.0. The Labute approximate surface area is 104 Å². The molecule has 1 N–H and O–H groups in total. The van der Waals surface area contributed by atoms with Gasteiger partial charge in [0.2, 0.25) is 0 Å². The van der Waals surface area contributed by atoms with E-state index in [4.69, 9.17) is 9.84 Å². The van der Waals surface area contributed by atoms with Crippen molar-refractivity contribution < 1.29 is 14.6 Å². The van der Waals surface area contributed by atoms with Gasteiger partial charge in [-0.1, -0.05) is 0 Å². The van der Waals surface area contributed by atoms with Crippen LogP contribution in [0, 0.1) is 0 Å². The first-order valence-electron chi connectivity index (χ1n) is 3.98. The Hall–Kier alpha value is -0.810. The van der Waals surface area contributed by atoms with E-state index in [2.05, 4.69) is 31.9 Å². The maximum Gasteiger partial charge on any atom is 0.328 e. The van der Waals surface area contributed by atoms with Crippen molar-refractivity contribution in [3.05, 3.63) is 32.7 Å². The lowest BCUT2D eigenvalue weighted by atomic mass is 10.2. The topological polar surface area (TPSA) is 46.5 Å². The highest BCUT2D eigenvalue weighted by Crippen LogP contribution is 2.34. The first-order valence-corrected chi connectivity index (χ1v) is 5.57. The maximum atomic E-state index is 10.3. The van der Waals surface area contributed by atoms with Gasteiger partial charge in [-0.25, -0.2) is 4.79 Å². The molecule has 0 aromatic heterocycles. The third kappa shape index (κ3) is 3.35. The summed E-state index contributed by atoms with van der Waals surface area (Å²) in [6.45, 7) is 0. The van der Waals surface area contributed by atoms with Gasteiger partial charge in [0.25, 0.3) is 0 Å². The molecule has 0 bridgehead atoms. The molecule has 0 aliphatic heterocycles. The third-order valence-corrected chi connectivity index (χ3v) is 2.82. The Morgan fingerprint density at radius 3 is 2.33 bits per heavy atom. The number of methoxy groups -OCH3 is 1. The number of hydrogen-bond donors (Lipinski definition) is 1. The van der Waals surface area contributed by atoms with Crippen LogP contribution in [0.1, 0.15) is 5.56 Å². The van der Waals surface area contributed by atoms with Crippen LogP contribution >= 0.6 is 31.9 Å². The van der Waals surface area contributed by atoms with Crippen molar-refractivity contribution in [3.63, 3.8) is 0 Å². The Bertz CT molecular complexity index is 390. The van der Waals surface area contributed by atoms with Crippen molar-refractivity contribution in [2.45, 2.75) is 0 Å². The monoisotopic (exact) mass is 334 g/mol. The fourth-order valence-corrected chi connectivity index (χ4v) is 2.58. The van der Waals surface area contributed by atoms with Gasteiger partial charge in [-0.05, 0) is 55.6 Å². The zero-order chi connectivity index (χ0) is 11.4. The molecule has 0 atom stereocenters. The quantitative estimate of drug-likeness (QED) is 0.862. The molecule has 0 fully saturated rings. The Kier molecular flexibility index (Phi) is 4.35. The summed E-state index contributed by atoms with van der Waals surface area (Å²) in [5.74, 6) is -0.291. The summed E-state index contributed by atoms with van der Waals surface area (Å²) in [5.41, 5.74) is 0.775. The van der Waals surface area contributed by atoms with Crippen molar-refractivity contribution in [1.29, 1.82) is 0 Å². The van der Waals surface area contributed by atoms with Crippen molar-refractivity contribution in [2.24, 2.45) is 0 Å². The molecular weight excluding hydrogens is 328 g/mol. The Balaban J connectivity index is 3.09. The molecule has 0 aliphatic carbocycles. The molecule has 5 heteroatoms. The molecule has 1 rings (SSSR count). The first kappa shape index (κ1) is 12.3. The normalized spacial score (nSPS) is 10.6. The molecule has 0 radical (unpaired) electrons. The van der Waals surface area contributed by atoms with Crippen LogP contribution < -0.4 is 4.74 Å². The van der Waals surface area contributed by atoms with Crippen molar-refractivity contribution in [3.8, 4) is 5.75 Å². The zero-order valence-electron chi connectivity index (χ0n) is 7.83. The molecule has 0 amide bonds. The van der Waals surface area contributed by atoms with E-state index in [1.54, 1.807) is 19.2 Å². The highest BCUT2D eigenvalue weighted by molar-refractivity contribution is 9.11. The predicted molar refractivity (Wildman–Crippen MR) is 65.1 cm³/mol. The molecule has 1 aromatic rings. The van der Waals surface area contributed by atoms with Crippen molar-refractivity contribution in [1.82, 2.24) is 0 Å². The fraction of sp³-hybridized carbons (Fsp3) is 0.100. The minimum atomic E-state index is -0.974. The molecule has 80 valence electrons. The van der Waals surface area contributed by atoms with Crippen LogP contribution in [0.5, 0.6) is 5.75 Å². The minimum absolute atomic E-state index is 0.683. The predicted octanol–water partition coefficient (Wildman–Crippen LogP) is 3.32. The average molecular weight is 336 g/mol. The standard InChI is InChI=1S/C10H8Br2O3/c1-15-10-7(11)4-6(5-8(10)12)2-3-9(13)14/h2-5H,1H3,(H,13,14)/b3-2+. The lowest BCUT2D eigenvalue weighted by molar-refractivity contribution is -0.131. The molecule has 0 spiro atoms. The molecule has 0 aliphatic rings. The summed E-state index contributed by atoms with van der Waals surface area (Å²) >= 11 is 6.66. The van der Waals surface area contributed by atoms with Gasteiger partial charge in [-0.15, -0.1) is 0 Å². The van der Waals surface area contributed by atoms with Gasteiger partial charge in [0.05, 0.1) is 16.1 Å². The van der Waals surface area contributed by atoms with Crippen molar-refractivity contribution >= 4 is 43.9 Å². The summed E-state index contributed by atoms with van der Waals surface area (Å²) in [7, 11) is 1.57. The van der Waals surface area contributed by atoms with Gasteiger partial charge >= 0.3 is 5.97 Å². The summed E-state index contributed by atoms with van der Waals surface area (Å²) in [5, 5.41) is 8.48. The minimum Gasteiger partial charge on any atom is -0.494 e. The molecule has 3 nitrogen and oxygen atoms in total. The number of ether oxygens (including phenoxy) is 1. The summed E-state index contributed by atoms with van der Waals surface area (Å²) in [4.78, 5) is 10.3. The number of carboxylic acids is 1. The van der Waals surface area contributed by atoms with Crippen LogP contribution in [0.25, 0.3) is 6.08 Å². The lowest BCUT2D eigenvalue weighted by Crippen LogP contribution is -1.88. The Morgan fingerprint density at radius 1 is 1.40 bits per heavy atom. The van der Waals surface area contributed by atoms with Gasteiger partial charge in [-0.3, -0.25) is 0 Å². The molecule has 15 heavy (non-hydrogen) atoms. The number of rotatable bonds is 3. The van der Waals surface area contributed by atoms with Crippen LogP contribution in [0.3, 0.4) is 0 Å². The average Bonchev–Trinajstić information content (AvgIpc) is 2.14. The summed E-state index contributed by atoms with van der Waals surface area (Å²) in [6, 6.07) is 3.56. The highest BCUT2D eigenvalue weighted by atomic mass is 79.9. The molecule has 0 unspecified atom stereocenters. The van der Waals surface area contributed by atoms with E-state index in [9.17, 15) is 4.79 Å². The summed E-state index contributed by atoms with van der Waals surface area (Å²) < 4.78 is 6.66. The maximum absolute atomic E-state index is 10.3. The SMILES string of the molecule is COc1c(Br)cc(/C=C/C(=O)O)cc1Br. The molecular formula is C10H8Br2O3. The first-order chi connectivity index (χ1) is 7.04. The number of carbonyl (C=O) groups is 1. The van der Waals surface area contributed by atoms with E-state index in [1.807, 2.05) is 0 Å². The molecule has 0 saturated heterocycles. The van der Waals surface area contributed by atoms with Crippen LogP contribution in [-0.4, -0.2) is 18.2 Å². The Morgan fingerprint density at radius 2 is 1.93 bits per heavy atom. The second kappa shape index (κ2) is 5.32. The van der Waals surface area contributed by atoms with Crippen LogP contribution in [0.15, 0.2) is 27.2 Å². The van der Waals surface area contributed by atoms with Crippen LogP contribution in [0.2, 0.25) is 0 Å². The number of benzene rings is 1. The number of halogens is 2. The van der Waals surface area contributed by atoms with E-state index in [0.29, 0.717) is 5.75 Å². The largest absolute Gasteiger partial charge is 0.494 e. The van der Waals surface area contributed by atoms with E-state index >= 15 is 0 Å². The summed E-state index contributed by atoms with van der Waals surface area (Å²) in [6.07, 6.45) is 2.60. The van der Waals surface area contributed by atoms with E-state index in [0.717, 1.165) is 20.6 Å². The number of aliphatic carboxylic acids is 1. The van der Waals surface area contributed by atoms with Gasteiger partial charge < -0.3 is 9.84 Å². The van der Waals surface area contributed by atoms with E-state index in [-0.39, 0.29) is 0 Å². The second-order valence-corrected chi connectivity index (χ2v) is 4.40. The fourth-order valence-electron chi connectivity index (χ4n) is 1.04. The van der Waals surface area contributed by atoms with Crippen molar-refractivity contribution in [2.75, 3.05) is 7.11 Å². The van der Waals surface area contributed by atoms with Crippen LogP contribution in [0.4, 0.5) is 0 Å². The van der Waals surface area contributed by atoms with Gasteiger partial charge in [0.15, 0.2) is 0 Å². The highest BCUT2D eigenvalue weighted by Gasteiger charge is 2.06. The van der Waals surface area contributed by atoms with Gasteiger partial charge in [-0.2, -0.15) is 0 Å². The molecule has 0 saturated carbocycles. The third-order valence-electron chi connectivity index (χ3n) is 1.64. The molecule has 1 aromatic carbocycles. The second-order valence-electron chi connectivity index (χ2n) is 2.69. The lowest BCUT2D eigenvalue weighted by Gasteiger charge is -2.06. The molecule has 0 heterocycles. The van der Waals surface area contributed by atoms with Gasteiger partial charge in [0, 0.05) is 6.08 Å². The van der Waals surface area contributed by atoms with E-state index < -0.39 is 5.97 Å². The van der Waals surface area contributed by atoms with Crippen LogP contribution in [-0.2, 0) is 4.79 Å².